The second-order valence-electron chi connectivity index (χ2n) is 4.66. The van der Waals surface area contributed by atoms with Gasteiger partial charge in [-0.15, -0.1) is 0 Å². The van der Waals surface area contributed by atoms with Crippen molar-refractivity contribution in [3.63, 3.8) is 0 Å². The van der Waals surface area contributed by atoms with Crippen molar-refractivity contribution in [3.8, 4) is 0 Å². The minimum absolute atomic E-state index is 0.0242. The molecule has 0 aliphatic heterocycles. The number of hydrogen-bond acceptors (Lipinski definition) is 2. The van der Waals surface area contributed by atoms with Crippen LogP contribution in [0.25, 0.3) is 0 Å². The van der Waals surface area contributed by atoms with Crippen molar-refractivity contribution in [3.05, 3.63) is 35.6 Å². The first-order chi connectivity index (χ1) is 8.56. The number of halogens is 1. The van der Waals surface area contributed by atoms with Crippen molar-refractivity contribution >= 4 is 11.8 Å². The molecule has 2 atom stereocenters. The molecule has 0 spiro atoms. The lowest BCUT2D eigenvalue weighted by molar-refractivity contribution is -0.129. The fraction of sp³-hybridized carbons (Fsp3) is 0.385. The van der Waals surface area contributed by atoms with Gasteiger partial charge in [0.25, 0.3) is 0 Å². The first kappa shape index (κ1) is 12.5. The van der Waals surface area contributed by atoms with Gasteiger partial charge in [0.05, 0.1) is 6.42 Å². The highest BCUT2D eigenvalue weighted by Gasteiger charge is 2.39. The normalized spacial score (nSPS) is 21.2. The van der Waals surface area contributed by atoms with Crippen molar-refractivity contribution in [2.24, 2.45) is 11.8 Å². The summed E-state index contributed by atoms with van der Waals surface area (Å²) >= 11 is 0. The molecule has 2 N–H and O–H groups in total. The van der Waals surface area contributed by atoms with E-state index in [2.05, 4.69) is 10.9 Å². The highest BCUT2D eigenvalue weighted by molar-refractivity contribution is 5.85. The van der Waals surface area contributed by atoms with Crippen LogP contribution < -0.4 is 10.9 Å². The Morgan fingerprint density at radius 2 is 1.89 bits per heavy atom. The summed E-state index contributed by atoms with van der Waals surface area (Å²) in [5, 5.41) is 0. The molecule has 0 saturated heterocycles. The molecule has 1 aromatic rings. The Labute approximate surface area is 105 Å². The Morgan fingerprint density at radius 3 is 2.44 bits per heavy atom. The molecule has 1 aromatic carbocycles. The summed E-state index contributed by atoms with van der Waals surface area (Å²) in [4.78, 5) is 22.9. The van der Waals surface area contributed by atoms with E-state index in [1.54, 1.807) is 12.1 Å². The molecule has 2 rings (SSSR count). The van der Waals surface area contributed by atoms with Crippen molar-refractivity contribution in [1.82, 2.24) is 10.9 Å². The van der Waals surface area contributed by atoms with Crippen molar-refractivity contribution in [2.45, 2.75) is 19.8 Å². The molecule has 0 aromatic heterocycles. The maximum absolute atomic E-state index is 12.7. The number of hydrazine groups is 1. The summed E-state index contributed by atoms with van der Waals surface area (Å²) in [6.07, 6.45) is 0.987. The zero-order chi connectivity index (χ0) is 13.1. The van der Waals surface area contributed by atoms with Crippen LogP contribution in [0.1, 0.15) is 18.9 Å². The minimum atomic E-state index is -0.338. The maximum Gasteiger partial charge on any atom is 0.242 e. The van der Waals surface area contributed by atoms with Gasteiger partial charge in [0.2, 0.25) is 11.8 Å². The summed E-state index contributed by atoms with van der Waals surface area (Å²) in [7, 11) is 0. The summed E-state index contributed by atoms with van der Waals surface area (Å²) < 4.78 is 12.7. The molecule has 5 heteroatoms. The molecule has 0 unspecified atom stereocenters. The molecule has 96 valence electrons. The Balaban J connectivity index is 1.75. The topological polar surface area (TPSA) is 58.2 Å². The van der Waals surface area contributed by atoms with Crippen LogP contribution in [0, 0.1) is 17.7 Å². The highest BCUT2D eigenvalue weighted by atomic mass is 19.1. The highest BCUT2D eigenvalue weighted by Crippen LogP contribution is 2.37. The molecule has 0 bridgehead atoms. The monoisotopic (exact) mass is 250 g/mol. The van der Waals surface area contributed by atoms with E-state index in [-0.39, 0.29) is 30.0 Å². The predicted molar refractivity (Wildman–Crippen MR) is 63.7 cm³/mol. The first-order valence-corrected chi connectivity index (χ1v) is 5.89. The van der Waals surface area contributed by atoms with Gasteiger partial charge in [-0.25, -0.2) is 4.39 Å². The number of amides is 2. The third-order valence-electron chi connectivity index (χ3n) is 3.05. The Morgan fingerprint density at radius 1 is 1.28 bits per heavy atom. The van der Waals surface area contributed by atoms with Crippen LogP contribution in [-0.2, 0) is 16.0 Å². The van der Waals surface area contributed by atoms with Crippen molar-refractivity contribution in [1.29, 1.82) is 0 Å². The van der Waals surface area contributed by atoms with Gasteiger partial charge in [-0.1, -0.05) is 19.1 Å². The molecule has 1 aliphatic rings. The SMILES string of the molecule is C[C@@H]1C[C@H]1C(=O)NNC(=O)Cc1ccc(F)cc1. The summed E-state index contributed by atoms with van der Waals surface area (Å²) in [5.74, 6) is -0.372. The molecule has 1 fully saturated rings. The Hall–Kier alpha value is -1.91. The molecule has 0 radical (unpaired) electrons. The first-order valence-electron chi connectivity index (χ1n) is 5.89. The van der Waals surface area contributed by atoms with Gasteiger partial charge in [0.15, 0.2) is 0 Å². The lowest BCUT2D eigenvalue weighted by Gasteiger charge is -2.06. The molecule has 1 aliphatic carbocycles. The lowest BCUT2D eigenvalue weighted by Crippen LogP contribution is -2.43. The van der Waals surface area contributed by atoms with E-state index in [0.29, 0.717) is 11.5 Å². The van der Waals surface area contributed by atoms with E-state index in [9.17, 15) is 14.0 Å². The van der Waals surface area contributed by atoms with Crippen LogP contribution in [0.3, 0.4) is 0 Å². The number of carbonyl (C=O) groups excluding carboxylic acids is 2. The van der Waals surface area contributed by atoms with E-state index in [0.717, 1.165) is 6.42 Å². The van der Waals surface area contributed by atoms with E-state index in [1.807, 2.05) is 6.92 Å². The van der Waals surface area contributed by atoms with E-state index in [4.69, 9.17) is 0 Å². The zero-order valence-electron chi connectivity index (χ0n) is 10.1. The Kier molecular flexibility index (Phi) is 3.60. The molecule has 18 heavy (non-hydrogen) atoms. The molecule has 1 saturated carbocycles. The van der Waals surface area contributed by atoms with Crippen LogP contribution in [0.5, 0.6) is 0 Å². The van der Waals surface area contributed by atoms with Gasteiger partial charge in [-0.2, -0.15) is 0 Å². The van der Waals surface area contributed by atoms with Gasteiger partial charge in [0, 0.05) is 5.92 Å². The van der Waals surface area contributed by atoms with Crippen LogP contribution >= 0.6 is 0 Å². The maximum atomic E-state index is 12.7. The number of nitrogens with one attached hydrogen (secondary N) is 2. The van der Waals surface area contributed by atoms with Crippen LogP contribution in [0.2, 0.25) is 0 Å². The minimum Gasteiger partial charge on any atom is -0.273 e. The Bertz CT molecular complexity index is 459. The summed E-state index contributed by atoms with van der Waals surface area (Å²) in [5.41, 5.74) is 5.45. The quantitative estimate of drug-likeness (QED) is 0.791. The van der Waals surface area contributed by atoms with Crippen LogP contribution in [-0.4, -0.2) is 11.8 Å². The van der Waals surface area contributed by atoms with Gasteiger partial charge < -0.3 is 0 Å². The fourth-order valence-corrected chi connectivity index (χ4v) is 1.74. The van der Waals surface area contributed by atoms with E-state index < -0.39 is 0 Å². The number of benzene rings is 1. The lowest BCUT2D eigenvalue weighted by atomic mass is 10.1. The van der Waals surface area contributed by atoms with Crippen molar-refractivity contribution in [2.75, 3.05) is 0 Å². The molecule has 0 heterocycles. The smallest absolute Gasteiger partial charge is 0.242 e. The molecular weight excluding hydrogens is 235 g/mol. The molecule has 2 amide bonds. The van der Waals surface area contributed by atoms with Gasteiger partial charge in [-0.3, -0.25) is 20.4 Å². The third kappa shape index (κ3) is 3.29. The summed E-state index contributed by atoms with van der Waals surface area (Å²) in [6.45, 7) is 1.99. The second-order valence-corrected chi connectivity index (χ2v) is 4.66. The standard InChI is InChI=1S/C13H15FN2O2/c1-8-6-11(8)13(18)16-15-12(17)7-9-2-4-10(14)5-3-9/h2-5,8,11H,6-7H2,1H3,(H,15,17)(H,16,18)/t8-,11-/m1/s1. The largest absolute Gasteiger partial charge is 0.273 e. The number of rotatable bonds is 3. The second kappa shape index (κ2) is 5.16. The van der Waals surface area contributed by atoms with E-state index in [1.165, 1.54) is 12.1 Å². The summed E-state index contributed by atoms with van der Waals surface area (Å²) in [6, 6.07) is 5.68. The molecule has 4 nitrogen and oxygen atoms in total. The average Bonchev–Trinajstić information content (AvgIpc) is 3.06. The zero-order valence-corrected chi connectivity index (χ0v) is 10.1. The molecular formula is C13H15FN2O2. The van der Waals surface area contributed by atoms with Crippen molar-refractivity contribution < 1.29 is 14.0 Å². The predicted octanol–water partition coefficient (Wildman–Crippen LogP) is 1.17. The fourth-order valence-electron chi connectivity index (χ4n) is 1.74. The van der Waals surface area contributed by atoms with Gasteiger partial charge in [0.1, 0.15) is 5.82 Å². The third-order valence-corrected chi connectivity index (χ3v) is 3.05. The van der Waals surface area contributed by atoms with E-state index >= 15 is 0 Å². The number of carbonyl (C=O) groups is 2. The van der Waals surface area contributed by atoms with Gasteiger partial charge >= 0.3 is 0 Å². The van der Waals surface area contributed by atoms with Crippen LogP contribution in [0.4, 0.5) is 4.39 Å². The van der Waals surface area contributed by atoms with Gasteiger partial charge in [-0.05, 0) is 30.0 Å². The number of hydrogen-bond donors (Lipinski definition) is 2. The average molecular weight is 250 g/mol. The van der Waals surface area contributed by atoms with Crippen LogP contribution in [0.15, 0.2) is 24.3 Å².